The first-order valence-corrected chi connectivity index (χ1v) is 5.02. The van der Waals surface area contributed by atoms with Crippen molar-refractivity contribution in [1.82, 2.24) is 5.32 Å². The van der Waals surface area contributed by atoms with Crippen LogP contribution in [0.3, 0.4) is 0 Å². The monoisotopic (exact) mass is 189 g/mol. The molecule has 0 unspecified atom stereocenters. The topological polar surface area (TPSA) is 29.1 Å². The molecule has 0 radical (unpaired) electrons. The van der Waals surface area contributed by atoms with Crippen LogP contribution >= 0.6 is 12.6 Å². The summed E-state index contributed by atoms with van der Waals surface area (Å²) in [4.78, 5) is 10.8. The predicted octanol–water partition coefficient (Wildman–Crippen LogP) is 1.86. The Hall–Kier alpha value is -0.180. The van der Waals surface area contributed by atoms with Crippen LogP contribution in [0.4, 0.5) is 0 Å². The van der Waals surface area contributed by atoms with Crippen LogP contribution < -0.4 is 5.32 Å². The molecule has 0 heterocycles. The van der Waals surface area contributed by atoms with Crippen LogP contribution in [0.25, 0.3) is 0 Å². The third-order valence-electron chi connectivity index (χ3n) is 2.22. The average Bonchev–Trinajstić information content (AvgIpc) is 2.04. The second-order valence-electron chi connectivity index (χ2n) is 3.78. The molecule has 0 aliphatic carbocycles. The maximum Gasteiger partial charge on any atom is 0.229 e. The van der Waals surface area contributed by atoms with Gasteiger partial charge in [-0.05, 0) is 11.8 Å². The minimum absolute atomic E-state index is 0.0187. The summed E-state index contributed by atoms with van der Waals surface area (Å²) in [6.45, 7) is 7.35. The molecule has 0 fully saturated rings. The molecule has 1 N–H and O–H groups in total. The molecule has 0 rings (SSSR count). The van der Waals surface area contributed by atoms with Crippen LogP contribution in [0, 0.1) is 5.41 Å². The Balaban J connectivity index is 3.49. The van der Waals surface area contributed by atoms with Gasteiger partial charge in [0.05, 0.1) is 5.75 Å². The maximum absolute atomic E-state index is 10.8. The Morgan fingerprint density at radius 1 is 1.50 bits per heavy atom. The van der Waals surface area contributed by atoms with Crippen LogP contribution in [-0.4, -0.2) is 18.2 Å². The molecule has 3 heteroatoms. The molecule has 0 aliphatic heterocycles. The van der Waals surface area contributed by atoms with Gasteiger partial charge in [0.25, 0.3) is 0 Å². The number of carbonyl (C=O) groups excluding carboxylic acids is 1. The van der Waals surface area contributed by atoms with Crippen molar-refractivity contribution in [3.05, 3.63) is 0 Å². The first-order chi connectivity index (χ1) is 5.52. The third-order valence-corrected chi connectivity index (χ3v) is 2.51. The molecule has 0 spiro atoms. The lowest BCUT2D eigenvalue weighted by molar-refractivity contribution is -0.118. The third kappa shape index (κ3) is 5.47. The fourth-order valence-electron chi connectivity index (χ4n) is 0.773. The molecule has 0 saturated heterocycles. The molecule has 0 aliphatic rings. The summed E-state index contributed by atoms with van der Waals surface area (Å²) in [6.07, 6.45) is 2.17. The minimum Gasteiger partial charge on any atom is -0.355 e. The molecule has 0 atom stereocenters. The van der Waals surface area contributed by atoms with Crippen LogP contribution in [0.5, 0.6) is 0 Å². The molecule has 0 bridgehead atoms. The van der Waals surface area contributed by atoms with E-state index in [1.54, 1.807) is 0 Å². The highest BCUT2D eigenvalue weighted by Gasteiger charge is 2.14. The molecule has 0 aromatic rings. The minimum atomic E-state index is 0.0187. The Kier molecular flexibility index (Phi) is 5.38. The number of carbonyl (C=O) groups is 1. The number of hydrogen-bond acceptors (Lipinski definition) is 2. The maximum atomic E-state index is 10.8. The Morgan fingerprint density at radius 2 is 2.08 bits per heavy atom. The van der Waals surface area contributed by atoms with E-state index in [0.29, 0.717) is 5.41 Å². The summed E-state index contributed by atoms with van der Waals surface area (Å²) in [5, 5.41) is 2.81. The van der Waals surface area contributed by atoms with Crippen molar-refractivity contribution >= 4 is 18.5 Å². The summed E-state index contributed by atoms with van der Waals surface area (Å²) in [5.41, 5.74) is 0.337. The number of amides is 1. The molecule has 0 aromatic heterocycles. The van der Waals surface area contributed by atoms with Gasteiger partial charge in [0.15, 0.2) is 0 Å². The standard InChI is InChI=1S/C9H19NOS/c1-4-9(2,3)5-6-10-8(11)7-12/h12H,4-7H2,1-3H3,(H,10,11). The lowest BCUT2D eigenvalue weighted by Crippen LogP contribution is -2.28. The second kappa shape index (κ2) is 5.46. The van der Waals surface area contributed by atoms with E-state index in [-0.39, 0.29) is 11.7 Å². The van der Waals surface area contributed by atoms with E-state index >= 15 is 0 Å². The highest BCUT2D eigenvalue weighted by molar-refractivity contribution is 7.81. The second-order valence-corrected chi connectivity index (χ2v) is 4.09. The summed E-state index contributed by atoms with van der Waals surface area (Å²) >= 11 is 3.87. The lowest BCUT2D eigenvalue weighted by Gasteiger charge is -2.22. The van der Waals surface area contributed by atoms with Crippen molar-refractivity contribution in [3.8, 4) is 0 Å². The molecule has 2 nitrogen and oxygen atoms in total. The van der Waals surface area contributed by atoms with Crippen LogP contribution in [0.15, 0.2) is 0 Å². The molecular weight excluding hydrogens is 170 g/mol. The van der Waals surface area contributed by atoms with Gasteiger partial charge in [0.2, 0.25) is 5.91 Å². The van der Waals surface area contributed by atoms with E-state index in [4.69, 9.17) is 0 Å². The first kappa shape index (κ1) is 11.8. The first-order valence-electron chi connectivity index (χ1n) is 4.39. The van der Waals surface area contributed by atoms with Gasteiger partial charge in [0.1, 0.15) is 0 Å². The van der Waals surface area contributed by atoms with E-state index < -0.39 is 0 Å². The highest BCUT2D eigenvalue weighted by Crippen LogP contribution is 2.23. The molecule has 0 aromatic carbocycles. The van der Waals surface area contributed by atoms with Crippen molar-refractivity contribution in [1.29, 1.82) is 0 Å². The summed E-state index contributed by atoms with van der Waals surface area (Å²) in [6, 6.07) is 0. The zero-order valence-corrected chi connectivity index (χ0v) is 9.08. The Bertz CT molecular complexity index is 145. The van der Waals surface area contributed by atoms with Gasteiger partial charge in [-0.25, -0.2) is 0 Å². The summed E-state index contributed by atoms with van der Waals surface area (Å²) in [7, 11) is 0. The van der Waals surface area contributed by atoms with Gasteiger partial charge >= 0.3 is 0 Å². The SMILES string of the molecule is CCC(C)(C)CCNC(=O)CS. The van der Waals surface area contributed by atoms with Crippen LogP contribution in [0.1, 0.15) is 33.6 Å². The van der Waals surface area contributed by atoms with Gasteiger partial charge in [0, 0.05) is 6.54 Å². The molecule has 12 heavy (non-hydrogen) atoms. The predicted molar refractivity (Wildman–Crippen MR) is 55.6 cm³/mol. The van der Waals surface area contributed by atoms with Crippen molar-refractivity contribution < 1.29 is 4.79 Å². The zero-order chi connectivity index (χ0) is 9.61. The summed E-state index contributed by atoms with van der Waals surface area (Å²) in [5.74, 6) is 0.303. The highest BCUT2D eigenvalue weighted by atomic mass is 32.1. The Morgan fingerprint density at radius 3 is 2.50 bits per heavy atom. The van der Waals surface area contributed by atoms with E-state index in [2.05, 4.69) is 38.7 Å². The zero-order valence-electron chi connectivity index (χ0n) is 8.18. The van der Waals surface area contributed by atoms with Crippen molar-refractivity contribution in [2.75, 3.05) is 12.3 Å². The number of hydrogen-bond donors (Lipinski definition) is 2. The molecule has 0 saturated carbocycles. The van der Waals surface area contributed by atoms with Crippen LogP contribution in [0.2, 0.25) is 0 Å². The van der Waals surface area contributed by atoms with Gasteiger partial charge in [-0.15, -0.1) is 0 Å². The van der Waals surface area contributed by atoms with Crippen molar-refractivity contribution in [2.45, 2.75) is 33.6 Å². The molecule has 72 valence electrons. The van der Waals surface area contributed by atoms with Crippen molar-refractivity contribution in [3.63, 3.8) is 0 Å². The van der Waals surface area contributed by atoms with Gasteiger partial charge in [-0.2, -0.15) is 12.6 Å². The average molecular weight is 189 g/mol. The summed E-state index contributed by atoms with van der Waals surface area (Å²) < 4.78 is 0. The van der Waals surface area contributed by atoms with E-state index in [9.17, 15) is 4.79 Å². The Labute approximate surface area is 80.5 Å². The fraction of sp³-hybridized carbons (Fsp3) is 0.889. The van der Waals surface area contributed by atoms with Gasteiger partial charge in [-0.3, -0.25) is 4.79 Å². The van der Waals surface area contributed by atoms with E-state index in [1.807, 2.05) is 0 Å². The van der Waals surface area contributed by atoms with E-state index in [1.165, 1.54) is 0 Å². The quantitative estimate of drug-likeness (QED) is 0.635. The molecule has 1 amide bonds. The van der Waals surface area contributed by atoms with Crippen LogP contribution in [-0.2, 0) is 4.79 Å². The number of rotatable bonds is 5. The normalized spacial score (nSPS) is 11.3. The molecular formula is C9H19NOS. The number of nitrogens with one attached hydrogen (secondary N) is 1. The fourth-order valence-corrected chi connectivity index (χ4v) is 0.885. The lowest BCUT2D eigenvalue weighted by atomic mass is 9.87. The smallest absolute Gasteiger partial charge is 0.229 e. The number of thiol groups is 1. The van der Waals surface area contributed by atoms with Gasteiger partial charge < -0.3 is 5.32 Å². The van der Waals surface area contributed by atoms with Gasteiger partial charge in [-0.1, -0.05) is 27.2 Å². The van der Waals surface area contributed by atoms with E-state index in [0.717, 1.165) is 19.4 Å². The largest absolute Gasteiger partial charge is 0.355 e. The van der Waals surface area contributed by atoms with Crippen molar-refractivity contribution in [2.24, 2.45) is 5.41 Å².